The highest BCUT2D eigenvalue weighted by Crippen LogP contribution is 2.06. The van der Waals surface area contributed by atoms with E-state index in [0.717, 1.165) is 11.1 Å². The molecule has 0 atom stereocenters. The zero-order valence-corrected chi connectivity index (χ0v) is 11.6. The second-order valence-corrected chi connectivity index (χ2v) is 4.49. The van der Waals surface area contributed by atoms with E-state index < -0.39 is 5.60 Å². The summed E-state index contributed by atoms with van der Waals surface area (Å²) in [7, 11) is 0. The third kappa shape index (κ3) is 4.18. The summed E-state index contributed by atoms with van der Waals surface area (Å²) < 4.78 is 0. The molecule has 0 unspecified atom stereocenters. The van der Waals surface area contributed by atoms with E-state index in [9.17, 15) is 5.11 Å². The smallest absolute Gasteiger partial charge is 0.201 e. The molecule has 0 radical (unpaired) electrons. The molecule has 0 bridgehead atoms. The van der Waals surface area contributed by atoms with Crippen LogP contribution in [-0.2, 0) is 0 Å². The van der Waals surface area contributed by atoms with Crippen molar-refractivity contribution >= 4 is 11.6 Å². The molecular weight excluding hydrogens is 268 g/mol. The highest BCUT2D eigenvalue weighted by atomic mass is 35.5. The molecule has 2 aromatic carbocycles. The number of rotatable bonds is 1. The number of benzene rings is 2. The number of aliphatic hydroxyl groups is 1. The van der Waals surface area contributed by atoms with Gasteiger partial charge < -0.3 is 5.11 Å². The number of alkyl halides is 1. The molecule has 0 fully saturated rings. The van der Waals surface area contributed by atoms with Crippen molar-refractivity contribution in [1.82, 2.24) is 0 Å². The van der Waals surface area contributed by atoms with Gasteiger partial charge in [-0.3, -0.25) is 0 Å². The Morgan fingerprint density at radius 3 is 1.55 bits per heavy atom. The van der Waals surface area contributed by atoms with Gasteiger partial charge in [0.2, 0.25) is 5.60 Å². The predicted molar refractivity (Wildman–Crippen MR) is 82.3 cm³/mol. The summed E-state index contributed by atoms with van der Waals surface area (Å²) in [5, 5.41) is 10.3. The first-order chi connectivity index (χ1) is 9.72. The molecule has 0 aliphatic carbocycles. The Labute approximate surface area is 124 Å². The van der Waals surface area contributed by atoms with E-state index in [1.807, 2.05) is 60.7 Å². The third-order valence-corrected chi connectivity index (χ3v) is 2.96. The molecule has 20 heavy (non-hydrogen) atoms. The molecule has 0 aromatic heterocycles. The molecule has 0 saturated heterocycles. The van der Waals surface area contributed by atoms with Crippen LogP contribution in [0.3, 0.4) is 0 Å². The van der Waals surface area contributed by atoms with Crippen molar-refractivity contribution in [2.24, 2.45) is 0 Å². The molecule has 0 heterocycles. The largest absolute Gasteiger partial charge is 0.366 e. The summed E-state index contributed by atoms with van der Waals surface area (Å²) in [6.45, 7) is 0. The highest BCUT2D eigenvalue weighted by molar-refractivity contribution is 6.19. The van der Waals surface area contributed by atoms with E-state index in [0.29, 0.717) is 0 Å². The van der Waals surface area contributed by atoms with E-state index in [4.69, 9.17) is 11.6 Å². The summed E-state index contributed by atoms with van der Waals surface area (Å²) in [6, 6.07) is 18.8. The number of hydrogen-bond donors (Lipinski definition) is 1. The molecule has 2 aromatic rings. The molecule has 0 saturated carbocycles. The van der Waals surface area contributed by atoms with Crippen LogP contribution in [-0.4, -0.2) is 16.6 Å². The van der Waals surface area contributed by atoms with Crippen LogP contribution in [0.15, 0.2) is 60.7 Å². The third-order valence-electron chi connectivity index (χ3n) is 2.57. The van der Waals surface area contributed by atoms with Crippen molar-refractivity contribution in [1.29, 1.82) is 0 Å². The van der Waals surface area contributed by atoms with Crippen LogP contribution in [0.2, 0.25) is 0 Å². The molecule has 98 valence electrons. The highest BCUT2D eigenvalue weighted by Gasteiger charge is 2.19. The van der Waals surface area contributed by atoms with Gasteiger partial charge in [-0.15, -0.1) is 11.6 Å². The maximum absolute atomic E-state index is 10.3. The van der Waals surface area contributed by atoms with Crippen molar-refractivity contribution in [3.8, 4) is 23.7 Å². The van der Waals surface area contributed by atoms with Gasteiger partial charge in [-0.05, 0) is 36.1 Å². The minimum atomic E-state index is -1.51. The van der Waals surface area contributed by atoms with Gasteiger partial charge >= 0.3 is 0 Å². The maximum atomic E-state index is 10.3. The molecule has 0 aliphatic rings. The summed E-state index contributed by atoms with van der Waals surface area (Å²) in [5.41, 5.74) is 0.128. The van der Waals surface area contributed by atoms with E-state index in [1.54, 1.807) is 0 Å². The summed E-state index contributed by atoms with van der Waals surface area (Å²) in [5.74, 6) is 11.2. The minimum absolute atomic E-state index is 0.0628. The topological polar surface area (TPSA) is 20.2 Å². The first-order valence-electron chi connectivity index (χ1n) is 6.17. The zero-order chi connectivity index (χ0) is 14.3. The Kier molecular flexibility index (Phi) is 4.85. The Morgan fingerprint density at radius 2 is 1.20 bits per heavy atom. The summed E-state index contributed by atoms with van der Waals surface area (Å²) >= 11 is 5.79. The fourth-order valence-corrected chi connectivity index (χ4v) is 1.63. The van der Waals surface area contributed by atoms with E-state index in [-0.39, 0.29) is 5.88 Å². The lowest BCUT2D eigenvalue weighted by Gasteiger charge is -2.10. The first-order valence-corrected chi connectivity index (χ1v) is 6.70. The van der Waals surface area contributed by atoms with Gasteiger partial charge in [0.15, 0.2) is 0 Å². The van der Waals surface area contributed by atoms with Gasteiger partial charge in [-0.1, -0.05) is 48.2 Å². The fourth-order valence-electron chi connectivity index (χ4n) is 1.49. The molecule has 2 heteroatoms. The van der Waals surface area contributed by atoms with E-state index in [1.165, 1.54) is 0 Å². The van der Waals surface area contributed by atoms with Gasteiger partial charge in [-0.2, -0.15) is 0 Å². The normalized spacial score (nSPS) is 9.90. The molecular formula is C18H13ClO. The standard InChI is InChI=1S/C18H13ClO/c19-15-18(20,13-11-16-7-3-1-4-8-16)14-12-17-9-5-2-6-10-17/h1-10,20H,15H2. The van der Waals surface area contributed by atoms with Crippen molar-refractivity contribution < 1.29 is 5.11 Å². The molecule has 2 rings (SSSR count). The van der Waals surface area contributed by atoms with Crippen LogP contribution in [0.1, 0.15) is 11.1 Å². The van der Waals surface area contributed by atoms with E-state index in [2.05, 4.69) is 23.7 Å². The average molecular weight is 281 g/mol. The number of halogens is 1. The predicted octanol–water partition coefficient (Wildman–Crippen LogP) is 3.06. The van der Waals surface area contributed by atoms with E-state index >= 15 is 0 Å². The van der Waals surface area contributed by atoms with Crippen LogP contribution in [0.25, 0.3) is 0 Å². The number of hydrogen-bond acceptors (Lipinski definition) is 1. The van der Waals surface area contributed by atoms with Gasteiger partial charge in [0, 0.05) is 11.1 Å². The molecule has 0 spiro atoms. The molecule has 1 nitrogen and oxygen atoms in total. The van der Waals surface area contributed by atoms with Gasteiger partial charge in [-0.25, -0.2) is 0 Å². The molecule has 1 N–H and O–H groups in total. The van der Waals surface area contributed by atoms with Crippen LogP contribution in [0.5, 0.6) is 0 Å². The average Bonchev–Trinajstić information content (AvgIpc) is 2.53. The molecule has 0 aliphatic heterocycles. The quantitative estimate of drug-likeness (QED) is 0.629. The Hall–Kier alpha value is -2.19. The van der Waals surface area contributed by atoms with Crippen molar-refractivity contribution in [2.45, 2.75) is 5.60 Å². The van der Waals surface area contributed by atoms with Gasteiger partial charge in [0.05, 0.1) is 5.88 Å². The van der Waals surface area contributed by atoms with Crippen LogP contribution >= 0.6 is 11.6 Å². The second kappa shape index (κ2) is 6.83. The lowest BCUT2D eigenvalue weighted by molar-refractivity contribution is 0.188. The maximum Gasteiger partial charge on any atom is 0.201 e. The second-order valence-electron chi connectivity index (χ2n) is 4.23. The van der Waals surface area contributed by atoms with Gasteiger partial charge in [0.1, 0.15) is 0 Å². The monoisotopic (exact) mass is 280 g/mol. The van der Waals surface area contributed by atoms with Crippen molar-refractivity contribution in [2.75, 3.05) is 5.88 Å². The Morgan fingerprint density at radius 1 is 0.800 bits per heavy atom. The fraction of sp³-hybridized carbons (Fsp3) is 0.111. The molecule has 0 amide bonds. The lowest BCUT2D eigenvalue weighted by Crippen LogP contribution is -2.26. The summed E-state index contributed by atoms with van der Waals surface area (Å²) in [6.07, 6.45) is 0. The lowest BCUT2D eigenvalue weighted by atomic mass is 10.1. The van der Waals surface area contributed by atoms with Crippen LogP contribution in [0.4, 0.5) is 0 Å². The van der Waals surface area contributed by atoms with Crippen LogP contribution < -0.4 is 0 Å². The Balaban J connectivity index is 2.23. The van der Waals surface area contributed by atoms with Crippen molar-refractivity contribution in [3.05, 3.63) is 71.8 Å². The van der Waals surface area contributed by atoms with Crippen LogP contribution in [0, 0.1) is 23.7 Å². The van der Waals surface area contributed by atoms with Gasteiger partial charge in [0.25, 0.3) is 0 Å². The zero-order valence-electron chi connectivity index (χ0n) is 10.8. The first kappa shape index (κ1) is 14.2. The summed E-state index contributed by atoms with van der Waals surface area (Å²) in [4.78, 5) is 0. The SMILES string of the molecule is OC(C#Cc1ccccc1)(C#Cc1ccccc1)CCl. The minimum Gasteiger partial charge on any atom is -0.366 e. The van der Waals surface area contributed by atoms with Crippen molar-refractivity contribution in [3.63, 3.8) is 0 Å². The Bertz CT molecular complexity index is 612.